The van der Waals surface area contributed by atoms with Crippen molar-refractivity contribution in [1.29, 1.82) is 0 Å². The van der Waals surface area contributed by atoms with Crippen molar-refractivity contribution >= 4 is 21.8 Å². The smallest absolute Gasteiger partial charge is 0.223 e. The summed E-state index contributed by atoms with van der Waals surface area (Å²) >= 11 is 3.48. The summed E-state index contributed by atoms with van der Waals surface area (Å²) in [6, 6.07) is 8.41. The number of carbonyl (C=O) groups excluding carboxylic acids is 1. The topological polar surface area (TPSA) is 50.4 Å². The molecule has 1 aromatic carbocycles. The van der Waals surface area contributed by atoms with Crippen molar-refractivity contribution in [3.05, 3.63) is 34.3 Å². The second kappa shape index (κ2) is 8.51. The van der Waals surface area contributed by atoms with Crippen molar-refractivity contribution in [2.45, 2.75) is 25.3 Å². The minimum atomic E-state index is -0.0418. The third-order valence-electron chi connectivity index (χ3n) is 3.82. The van der Waals surface area contributed by atoms with Gasteiger partial charge in [0.15, 0.2) is 0 Å². The fraction of sp³-hybridized carbons (Fsp3) is 0.562. The van der Waals surface area contributed by atoms with Crippen LogP contribution in [0.5, 0.6) is 0 Å². The number of carbonyl (C=O) groups is 1. The van der Waals surface area contributed by atoms with Crippen LogP contribution in [0.15, 0.2) is 28.7 Å². The molecule has 2 atom stereocenters. The zero-order chi connectivity index (χ0) is 15.1. The van der Waals surface area contributed by atoms with E-state index in [1.165, 1.54) is 5.56 Å². The van der Waals surface area contributed by atoms with Gasteiger partial charge in [-0.3, -0.25) is 4.79 Å². The van der Waals surface area contributed by atoms with Crippen LogP contribution in [0.4, 0.5) is 0 Å². The van der Waals surface area contributed by atoms with E-state index in [4.69, 9.17) is 4.74 Å². The van der Waals surface area contributed by atoms with Crippen LogP contribution in [0, 0.1) is 5.92 Å². The van der Waals surface area contributed by atoms with E-state index in [0.717, 1.165) is 36.8 Å². The first-order valence-corrected chi connectivity index (χ1v) is 8.23. The Kier molecular flexibility index (Phi) is 6.67. The van der Waals surface area contributed by atoms with Crippen LogP contribution in [0.1, 0.15) is 18.4 Å². The SMILES string of the molecule is COCCC(Cc1cccc(Br)c1)C(=O)NC1CCNC1. The zero-order valence-electron chi connectivity index (χ0n) is 12.4. The summed E-state index contributed by atoms with van der Waals surface area (Å²) < 4.78 is 6.20. The Morgan fingerprint density at radius 1 is 1.57 bits per heavy atom. The molecule has 2 unspecified atom stereocenters. The van der Waals surface area contributed by atoms with Gasteiger partial charge in [0.2, 0.25) is 5.91 Å². The summed E-state index contributed by atoms with van der Waals surface area (Å²) in [4.78, 5) is 12.5. The average molecular weight is 355 g/mol. The van der Waals surface area contributed by atoms with Gasteiger partial charge in [0.25, 0.3) is 0 Å². The third-order valence-corrected chi connectivity index (χ3v) is 4.31. The highest BCUT2D eigenvalue weighted by Gasteiger charge is 2.23. The Bertz CT molecular complexity index is 461. The van der Waals surface area contributed by atoms with Crippen LogP contribution in [0.2, 0.25) is 0 Å². The first-order chi connectivity index (χ1) is 10.2. The lowest BCUT2D eigenvalue weighted by Crippen LogP contribution is -2.41. The predicted molar refractivity (Wildman–Crippen MR) is 87.2 cm³/mol. The van der Waals surface area contributed by atoms with Crippen LogP contribution >= 0.6 is 15.9 Å². The maximum atomic E-state index is 12.5. The van der Waals surface area contributed by atoms with Crippen LogP contribution in [0.25, 0.3) is 0 Å². The molecule has 2 N–H and O–H groups in total. The molecule has 116 valence electrons. The molecule has 1 fully saturated rings. The van der Waals surface area contributed by atoms with E-state index >= 15 is 0 Å². The van der Waals surface area contributed by atoms with Crippen molar-refractivity contribution in [2.24, 2.45) is 5.92 Å². The molecule has 5 heteroatoms. The van der Waals surface area contributed by atoms with Crippen molar-refractivity contribution < 1.29 is 9.53 Å². The molecular formula is C16H23BrN2O2. The molecule has 2 rings (SSSR count). The van der Waals surface area contributed by atoms with Gasteiger partial charge in [-0.2, -0.15) is 0 Å². The minimum absolute atomic E-state index is 0.0418. The normalized spacial score (nSPS) is 19.4. The summed E-state index contributed by atoms with van der Waals surface area (Å²) in [5, 5.41) is 6.43. The average Bonchev–Trinajstić information content (AvgIpc) is 2.96. The van der Waals surface area contributed by atoms with Crippen molar-refractivity contribution in [1.82, 2.24) is 10.6 Å². The Hall–Kier alpha value is -0.910. The predicted octanol–water partition coefficient (Wildman–Crippen LogP) is 2.12. The molecule has 1 saturated heterocycles. The lowest BCUT2D eigenvalue weighted by Gasteiger charge is -2.19. The Balaban J connectivity index is 1.97. The van der Waals surface area contributed by atoms with Crippen LogP contribution in [-0.4, -0.2) is 38.8 Å². The molecule has 0 aliphatic carbocycles. The summed E-state index contributed by atoms with van der Waals surface area (Å²) in [5.74, 6) is 0.0978. The number of ether oxygens (including phenoxy) is 1. The van der Waals surface area contributed by atoms with Gasteiger partial charge in [0.1, 0.15) is 0 Å². The van der Waals surface area contributed by atoms with E-state index in [2.05, 4.69) is 38.7 Å². The van der Waals surface area contributed by atoms with E-state index in [1.54, 1.807) is 7.11 Å². The van der Waals surface area contributed by atoms with Gasteiger partial charge in [-0.15, -0.1) is 0 Å². The maximum Gasteiger partial charge on any atom is 0.223 e. The van der Waals surface area contributed by atoms with Gasteiger partial charge in [-0.25, -0.2) is 0 Å². The molecule has 0 spiro atoms. The molecule has 1 aliphatic heterocycles. The molecule has 4 nitrogen and oxygen atoms in total. The van der Waals surface area contributed by atoms with E-state index in [-0.39, 0.29) is 17.9 Å². The fourth-order valence-electron chi connectivity index (χ4n) is 2.63. The Morgan fingerprint density at radius 3 is 3.10 bits per heavy atom. The fourth-order valence-corrected chi connectivity index (χ4v) is 3.08. The molecule has 1 aliphatic rings. The highest BCUT2D eigenvalue weighted by molar-refractivity contribution is 9.10. The lowest BCUT2D eigenvalue weighted by atomic mass is 9.95. The monoisotopic (exact) mass is 354 g/mol. The van der Waals surface area contributed by atoms with Gasteiger partial charge < -0.3 is 15.4 Å². The van der Waals surface area contributed by atoms with E-state index in [9.17, 15) is 4.79 Å². The van der Waals surface area contributed by atoms with Crippen molar-refractivity contribution in [3.63, 3.8) is 0 Å². The van der Waals surface area contributed by atoms with Gasteiger partial charge in [-0.05, 0) is 43.5 Å². The van der Waals surface area contributed by atoms with Gasteiger partial charge in [-0.1, -0.05) is 28.1 Å². The molecule has 1 amide bonds. The van der Waals surface area contributed by atoms with Crippen LogP contribution in [0.3, 0.4) is 0 Å². The second-order valence-corrected chi connectivity index (χ2v) is 6.43. The second-order valence-electron chi connectivity index (χ2n) is 5.51. The summed E-state index contributed by atoms with van der Waals surface area (Å²) in [5.41, 5.74) is 1.17. The molecule has 0 saturated carbocycles. The Labute approximate surface area is 134 Å². The molecular weight excluding hydrogens is 332 g/mol. The number of halogens is 1. The van der Waals surface area contributed by atoms with E-state index in [1.807, 2.05) is 12.1 Å². The largest absolute Gasteiger partial charge is 0.385 e. The van der Waals surface area contributed by atoms with Crippen molar-refractivity contribution in [3.8, 4) is 0 Å². The summed E-state index contributed by atoms with van der Waals surface area (Å²) in [7, 11) is 1.68. The standard InChI is InChI=1S/C16H23BrN2O2/c1-21-8-6-13(9-12-3-2-4-14(17)10-12)16(20)19-15-5-7-18-11-15/h2-4,10,13,15,18H,5-9,11H2,1H3,(H,19,20). The number of nitrogens with one attached hydrogen (secondary N) is 2. The van der Waals surface area contributed by atoms with E-state index in [0.29, 0.717) is 6.61 Å². The van der Waals surface area contributed by atoms with Gasteiger partial charge >= 0.3 is 0 Å². The zero-order valence-corrected chi connectivity index (χ0v) is 14.0. The maximum absolute atomic E-state index is 12.5. The number of benzene rings is 1. The number of amides is 1. The summed E-state index contributed by atoms with van der Waals surface area (Å²) in [6.45, 7) is 2.47. The minimum Gasteiger partial charge on any atom is -0.385 e. The highest BCUT2D eigenvalue weighted by atomic mass is 79.9. The number of hydrogen-bond acceptors (Lipinski definition) is 3. The third kappa shape index (κ3) is 5.41. The number of methoxy groups -OCH3 is 1. The molecule has 1 heterocycles. The van der Waals surface area contributed by atoms with Crippen molar-refractivity contribution in [2.75, 3.05) is 26.8 Å². The number of rotatable bonds is 7. The quantitative estimate of drug-likeness (QED) is 0.788. The molecule has 0 bridgehead atoms. The first-order valence-electron chi connectivity index (χ1n) is 7.43. The number of hydrogen-bond donors (Lipinski definition) is 2. The van der Waals surface area contributed by atoms with Crippen LogP contribution in [-0.2, 0) is 16.0 Å². The van der Waals surface area contributed by atoms with E-state index < -0.39 is 0 Å². The molecule has 21 heavy (non-hydrogen) atoms. The van der Waals surface area contributed by atoms with Crippen LogP contribution < -0.4 is 10.6 Å². The molecule has 0 aromatic heterocycles. The summed E-state index contributed by atoms with van der Waals surface area (Å²) in [6.07, 6.45) is 2.50. The molecule has 1 aromatic rings. The molecule has 0 radical (unpaired) electrons. The van der Waals surface area contributed by atoms with Gasteiger partial charge in [0.05, 0.1) is 0 Å². The first kappa shape index (κ1) is 16.5. The van der Waals surface area contributed by atoms with Gasteiger partial charge in [0, 0.05) is 36.7 Å². The highest BCUT2D eigenvalue weighted by Crippen LogP contribution is 2.18. The lowest BCUT2D eigenvalue weighted by molar-refractivity contribution is -0.126. The Morgan fingerprint density at radius 2 is 2.43 bits per heavy atom.